The second-order valence-electron chi connectivity index (χ2n) is 5.45. The number of nitrogens with one attached hydrogen (secondary N) is 1. The van der Waals surface area contributed by atoms with E-state index in [4.69, 9.17) is 0 Å². The summed E-state index contributed by atoms with van der Waals surface area (Å²) >= 11 is 3.40. The van der Waals surface area contributed by atoms with Gasteiger partial charge in [0, 0.05) is 10.5 Å². The molecular formula is C18H21BrFN. The van der Waals surface area contributed by atoms with E-state index in [0.29, 0.717) is 6.42 Å². The van der Waals surface area contributed by atoms with Crippen LogP contribution in [0.25, 0.3) is 0 Å². The van der Waals surface area contributed by atoms with Gasteiger partial charge in [-0.05, 0) is 62.6 Å². The fourth-order valence-corrected chi connectivity index (χ4v) is 2.82. The lowest BCUT2D eigenvalue weighted by Crippen LogP contribution is -2.28. The minimum Gasteiger partial charge on any atom is -0.317 e. The molecule has 0 fully saturated rings. The van der Waals surface area contributed by atoms with Crippen LogP contribution in [-0.2, 0) is 12.8 Å². The summed E-state index contributed by atoms with van der Waals surface area (Å²) in [6.45, 7) is 2.09. The maximum absolute atomic E-state index is 13.8. The molecule has 0 spiro atoms. The fraction of sp³-hybridized carbons (Fsp3) is 0.333. The smallest absolute Gasteiger partial charge is 0.126 e. The van der Waals surface area contributed by atoms with Crippen LogP contribution in [0.1, 0.15) is 23.1 Å². The Balaban J connectivity index is 1.96. The van der Waals surface area contributed by atoms with Crippen molar-refractivity contribution in [2.75, 3.05) is 7.05 Å². The predicted molar refractivity (Wildman–Crippen MR) is 90.2 cm³/mol. The van der Waals surface area contributed by atoms with Gasteiger partial charge in [-0.1, -0.05) is 45.8 Å². The normalized spacial score (nSPS) is 12.4. The second-order valence-corrected chi connectivity index (χ2v) is 6.37. The van der Waals surface area contributed by atoms with E-state index in [-0.39, 0.29) is 11.9 Å². The maximum atomic E-state index is 13.8. The van der Waals surface area contributed by atoms with E-state index in [0.717, 1.165) is 22.9 Å². The quantitative estimate of drug-likeness (QED) is 0.799. The zero-order chi connectivity index (χ0) is 15.2. The Kier molecular flexibility index (Phi) is 5.95. The molecule has 0 aliphatic carbocycles. The fourth-order valence-electron chi connectivity index (χ4n) is 2.41. The molecule has 21 heavy (non-hydrogen) atoms. The molecule has 0 heterocycles. The molecule has 1 nitrogen and oxygen atoms in total. The van der Waals surface area contributed by atoms with Crippen LogP contribution < -0.4 is 5.32 Å². The van der Waals surface area contributed by atoms with E-state index in [1.165, 1.54) is 17.2 Å². The molecule has 0 saturated heterocycles. The van der Waals surface area contributed by atoms with Gasteiger partial charge in [-0.2, -0.15) is 0 Å². The lowest BCUT2D eigenvalue weighted by molar-refractivity contribution is 0.504. The Hall–Kier alpha value is -1.19. The molecule has 2 rings (SSSR count). The highest BCUT2D eigenvalue weighted by Gasteiger charge is 2.11. The number of hydrogen-bond donors (Lipinski definition) is 1. The molecule has 0 aliphatic heterocycles. The van der Waals surface area contributed by atoms with Crippen molar-refractivity contribution in [3.63, 3.8) is 0 Å². The van der Waals surface area contributed by atoms with Crippen LogP contribution >= 0.6 is 15.9 Å². The lowest BCUT2D eigenvalue weighted by Gasteiger charge is -2.17. The number of halogens is 2. The molecule has 0 amide bonds. The third-order valence-electron chi connectivity index (χ3n) is 3.78. The van der Waals surface area contributed by atoms with Crippen molar-refractivity contribution in [1.29, 1.82) is 0 Å². The van der Waals surface area contributed by atoms with Crippen molar-refractivity contribution in [2.24, 2.45) is 0 Å². The van der Waals surface area contributed by atoms with Gasteiger partial charge in [-0.15, -0.1) is 0 Å². The first-order valence-corrected chi connectivity index (χ1v) is 8.04. The molecule has 0 bridgehead atoms. The average Bonchev–Trinajstić information content (AvgIpc) is 2.48. The standard InChI is InChI=1S/C18H21BrFN/c1-13-3-5-14(6-4-13)7-9-17(21-2)12-15-11-16(19)8-10-18(15)20/h3-6,8,10-11,17,21H,7,9,12H2,1-2H3. The highest BCUT2D eigenvalue weighted by atomic mass is 79.9. The van der Waals surface area contributed by atoms with Crippen LogP contribution in [0.4, 0.5) is 4.39 Å². The number of aryl methyl sites for hydroxylation is 2. The van der Waals surface area contributed by atoms with Gasteiger partial charge in [-0.3, -0.25) is 0 Å². The van der Waals surface area contributed by atoms with Gasteiger partial charge in [0.15, 0.2) is 0 Å². The Labute approximate surface area is 134 Å². The van der Waals surface area contributed by atoms with E-state index in [1.54, 1.807) is 6.07 Å². The summed E-state index contributed by atoms with van der Waals surface area (Å²) in [6.07, 6.45) is 2.69. The third-order valence-corrected chi connectivity index (χ3v) is 4.28. The highest BCUT2D eigenvalue weighted by Crippen LogP contribution is 2.18. The summed E-state index contributed by atoms with van der Waals surface area (Å²) in [7, 11) is 1.94. The van der Waals surface area contributed by atoms with Gasteiger partial charge in [-0.25, -0.2) is 4.39 Å². The van der Waals surface area contributed by atoms with E-state index in [2.05, 4.69) is 52.4 Å². The average molecular weight is 350 g/mol. The molecule has 0 aromatic heterocycles. The second kappa shape index (κ2) is 7.71. The number of benzene rings is 2. The van der Waals surface area contributed by atoms with Gasteiger partial charge in [0.25, 0.3) is 0 Å². The Bertz CT molecular complexity index is 580. The molecule has 2 aromatic carbocycles. The lowest BCUT2D eigenvalue weighted by atomic mass is 9.98. The third kappa shape index (κ3) is 4.94. The topological polar surface area (TPSA) is 12.0 Å². The molecule has 1 atom stereocenters. The van der Waals surface area contributed by atoms with Crippen LogP contribution in [0.15, 0.2) is 46.9 Å². The van der Waals surface area contributed by atoms with E-state index < -0.39 is 0 Å². The minimum atomic E-state index is -0.131. The van der Waals surface area contributed by atoms with Crippen molar-refractivity contribution in [2.45, 2.75) is 32.2 Å². The number of likely N-dealkylation sites (N-methyl/N-ethyl adjacent to an activating group) is 1. The van der Waals surface area contributed by atoms with Crippen molar-refractivity contribution in [1.82, 2.24) is 5.32 Å². The van der Waals surface area contributed by atoms with E-state index in [1.807, 2.05) is 13.1 Å². The maximum Gasteiger partial charge on any atom is 0.126 e. The van der Waals surface area contributed by atoms with Crippen molar-refractivity contribution in [3.8, 4) is 0 Å². The first-order chi connectivity index (χ1) is 10.1. The number of hydrogen-bond acceptors (Lipinski definition) is 1. The molecule has 112 valence electrons. The minimum absolute atomic E-state index is 0.131. The summed E-state index contributed by atoms with van der Waals surface area (Å²) in [5, 5.41) is 3.30. The molecule has 1 unspecified atom stereocenters. The Morgan fingerprint density at radius 3 is 2.52 bits per heavy atom. The van der Waals surface area contributed by atoms with Crippen molar-refractivity contribution >= 4 is 15.9 Å². The van der Waals surface area contributed by atoms with Gasteiger partial charge < -0.3 is 5.32 Å². The molecule has 3 heteroatoms. The molecule has 0 radical (unpaired) electrons. The van der Waals surface area contributed by atoms with Crippen LogP contribution in [0.2, 0.25) is 0 Å². The molecule has 0 aliphatic rings. The summed E-state index contributed by atoms with van der Waals surface area (Å²) < 4.78 is 14.7. The van der Waals surface area contributed by atoms with Gasteiger partial charge in [0.1, 0.15) is 5.82 Å². The first kappa shape index (κ1) is 16.2. The predicted octanol–water partition coefficient (Wildman–Crippen LogP) is 4.66. The van der Waals surface area contributed by atoms with Crippen molar-refractivity contribution in [3.05, 3.63) is 69.4 Å². The van der Waals surface area contributed by atoms with E-state index >= 15 is 0 Å². The SMILES string of the molecule is CNC(CCc1ccc(C)cc1)Cc1cc(Br)ccc1F. The molecule has 1 N–H and O–H groups in total. The summed E-state index contributed by atoms with van der Waals surface area (Å²) in [6, 6.07) is 14.0. The Morgan fingerprint density at radius 2 is 1.86 bits per heavy atom. The van der Waals surface area contributed by atoms with Crippen LogP contribution in [-0.4, -0.2) is 13.1 Å². The van der Waals surface area contributed by atoms with Gasteiger partial charge in [0.05, 0.1) is 0 Å². The summed E-state index contributed by atoms with van der Waals surface area (Å²) in [5.41, 5.74) is 3.36. The largest absolute Gasteiger partial charge is 0.317 e. The Morgan fingerprint density at radius 1 is 1.14 bits per heavy atom. The monoisotopic (exact) mass is 349 g/mol. The van der Waals surface area contributed by atoms with Crippen LogP contribution in [0.3, 0.4) is 0 Å². The first-order valence-electron chi connectivity index (χ1n) is 7.25. The zero-order valence-corrected chi connectivity index (χ0v) is 14.1. The molecule has 2 aromatic rings. The summed E-state index contributed by atoms with van der Waals surface area (Å²) in [5.74, 6) is -0.131. The van der Waals surface area contributed by atoms with Gasteiger partial charge in [0.2, 0.25) is 0 Å². The van der Waals surface area contributed by atoms with Crippen LogP contribution in [0.5, 0.6) is 0 Å². The molecule has 0 saturated carbocycles. The zero-order valence-electron chi connectivity index (χ0n) is 12.5. The summed E-state index contributed by atoms with van der Waals surface area (Å²) in [4.78, 5) is 0. The van der Waals surface area contributed by atoms with E-state index in [9.17, 15) is 4.39 Å². The van der Waals surface area contributed by atoms with Crippen molar-refractivity contribution < 1.29 is 4.39 Å². The van der Waals surface area contributed by atoms with Crippen LogP contribution in [0, 0.1) is 12.7 Å². The molecular weight excluding hydrogens is 329 g/mol. The van der Waals surface area contributed by atoms with Gasteiger partial charge >= 0.3 is 0 Å². The highest BCUT2D eigenvalue weighted by molar-refractivity contribution is 9.10. The number of rotatable bonds is 6.